The van der Waals surface area contributed by atoms with Gasteiger partial charge in [0.25, 0.3) is 21.8 Å². The number of esters is 1. The van der Waals surface area contributed by atoms with Crippen molar-refractivity contribution < 1.29 is 36.7 Å². The van der Waals surface area contributed by atoms with Crippen LogP contribution in [0.3, 0.4) is 0 Å². The van der Waals surface area contributed by atoms with E-state index in [2.05, 4.69) is 4.72 Å². The number of fused-ring (bicyclic) bond motifs is 1. The number of amides is 2. The Labute approximate surface area is 231 Å². The number of methoxy groups -OCH3 is 1. The number of rotatable bonds is 10. The molecule has 0 saturated carbocycles. The number of allylic oxidation sites excluding steroid dienone is 1. The fourth-order valence-corrected chi connectivity index (χ4v) is 5.67. The predicted molar refractivity (Wildman–Crippen MR) is 146 cm³/mol. The molecular formula is C29H27FN2O7S. The van der Waals surface area contributed by atoms with Gasteiger partial charge in [0.15, 0.2) is 0 Å². The number of benzene rings is 3. The van der Waals surface area contributed by atoms with Gasteiger partial charge in [-0.3, -0.25) is 19.2 Å². The van der Waals surface area contributed by atoms with Crippen molar-refractivity contribution >= 4 is 39.6 Å². The van der Waals surface area contributed by atoms with Crippen LogP contribution in [0.4, 0.5) is 10.1 Å². The molecule has 4 rings (SSSR count). The number of carbonyl (C=O) groups excluding carboxylic acids is 3. The summed E-state index contributed by atoms with van der Waals surface area (Å²) in [5.41, 5.74) is 0.996. The molecule has 1 N–H and O–H groups in total. The van der Waals surface area contributed by atoms with E-state index in [9.17, 15) is 27.2 Å². The van der Waals surface area contributed by atoms with Crippen molar-refractivity contribution in [2.24, 2.45) is 0 Å². The van der Waals surface area contributed by atoms with Crippen LogP contribution in [0, 0.1) is 5.82 Å². The average Bonchev–Trinajstić information content (AvgIpc) is 3.17. The second-order valence-electron chi connectivity index (χ2n) is 8.77. The molecule has 0 fully saturated rings. The average molecular weight is 567 g/mol. The minimum Gasteiger partial charge on any atom is -0.490 e. The maximum absolute atomic E-state index is 13.8. The highest BCUT2D eigenvalue weighted by Gasteiger charge is 2.35. The molecule has 3 aromatic rings. The summed E-state index contributed by atoms with van der Waals surface area (Å²) in [6, 6.07) is 12.7. The molecule has 1 aliphatic heterocycles. The van der Waals surface area contributed by atoms with Crippen LogP contribution in [0.1, 0.15) is 56.0 Å². The fourth-order valence-electron chi connectivity index (χ4n) is 4.41. The summed E-state index contributed by atoms with van der Waals surface area (Å²) in [7, 11) is -3.15. The van der Waals surface area contributed by atoms with Gasteiger partial charge >= 0.3 is 5.97 Å². The lowest BCUT2D eigenvalue weighted by atomic mass is 10.0. The molecule has 0 aromatic heterocycles. The smallest absolute Gasteiger partial charge is 0.343 e. The van der Waals surface area contributed by atoms with Gasteiger partial charge in [-0.25, -0.2) is 17.6 Å². The van der Waals surface area contributed by atoms with Crippen molar-refractivity contribution in [3.8, 4) is 5.75 Å². The van der Waals surface area contributed by atoms with Gasteiger partial charge < -0.3 is 9.47 Å². The molecule has 1 aliphatic rings. The van der Waals surface area contributed by atoms with Gasteiger partial charge in [0.05, 0.1) is 35.4 Å². The van der Waals surface area contributed by atoms with E-state index in [0.717, 1.165) is 30.2 Å². The Balaban J connectivity index is 1.66. The number of imide groups is 1. The molecule has 208 valence electrons. The van der Waals surface area contributed by atoms with Crippen LogP contribution in [0.15, 0.2) is 65.6 Å². The third-order valence-electron chi connectivity index (χ3n) is 6.30. The van der Waals surface area contributed by atoms with Crippen molar-refractivity contribution in [2.45, 2.75) is 25.2 Å². The summed E-state index contributed by atoms with van der Waals surface area (Å²) < 4.78 is 53.8. The molecule has 0 bridgehead atoms. The highest BCUT2D eigenvalue weighted by atomic mass is 32.2. The third-order valence-corrected chi connectivity index (χ3v) is 7.74. The Morgan fingerprint density at radius 1 is 1.05 bits per heavy atom. The van der Waals surface area contributed by atoms with Gasteiger partial charge in [0.1, 0.15) is 23.7 Å². The number of sulfonamides is 1. The van der Waals surface area contributed by atoms with E-state index in [0.29, 0.717) is 23.1 Å². The van der Waals surface area contributed by atoms with Crippen molar-refractivity contribution in [3.05, 3.63) is 94.3 Å². The van der Waals surface area contributed by atoms with Crippen LogP contribution in [0.2, 0.25) is 0 Å². The topological polar surface area (TPSA) is 119 Å². The number of carbonyl (C=O) groups is 3. The molecule has 3 aromatic carbocycles. The van der Waals surface area contributed by atoms with Crippen molar-refractivity contribution in [3.63, 3.8) is 0 Å². The van der Waals surface area contributed by atoms with Crippen molar-refractivity contribution in [1.29, 1.82) is 0 Å². The van der Waals surface area contributed by atoms with Gasteiger partial charge in [0, 0.05) is 0 Å². The minimum atomic E-state index is -4.29. The lowest BCUT2D eigenvalue weighted by molar-refractivity contribution is 0.0583. The predicted octanol–water partition coefficient (Wildman–Crippen LogP) is 4.68. The number of nitrogens with one attached hydrogen (secondary N) is 1. The van der Waals surface area contributed by atoms with Gasteiger partial charge in [-0.2, -0.15) is 0 Å². The summed E-state index contributed by atoms with van der Waals surface area (Å²) in [4.78, 5) is 39.2. The first kappa shape index (κ1) is 28.5. The summed E-state index contributed by atoms with van der Waals surface area (Å²) in [5.74, 6) is -2.32. The number of ether oxygens (including phenoxy) is 2. The van der Waals surface area contributed by atoms with E-state index < -0.39 is 33.6 Å². The Morgan fingerprint density at radius 2 is 1.73 bits per heavy atom. The number of hydrogen-bond acceptors (Lipinski definition) is 7. The Kier molecular flexibility index (Phi) is 8.34. The van der Waals surface area contributed by atoms with E-state index in [-0.39, 0.29) is 40.6 Å². The molecule has 1 heterocycles. The van der Waals surface area contributed by atoms with Crippen molar-refractivity contribution in [2.75, 3.05) is 25.0 Å². The Morgan fingerprint density at radius 3 is 2.33 bits per heavy atom. The van der Waals surface area contributed by atoms with Crippen LogP contribution in [0.25, 0.3) is 6.08 Å². The molecule has 0 radical (unpaired) electrons. The zero-order valence-corrected chi connectivity index (χ0v) is 22.9. The van der Waals surface area contributed by atoms with E-state index in [4.69, 9.17) is 9.47 Å². The number of anilines is 1. The van der Waals surface area contributed by atoms with Crippen LogP contribution < -0.4 is 9.46 Å². The standard InChI is InChI=1S/C29H27FN2O7S/c1-4-8-19-17-20(30)12-14-24(19)40(36,37)31-23-13-11-18(5-2)26(25(23)29(35)38-3)39-16-15-32-27(33)21-9-6-7-10-22(21)28(32)34/h4,6-14,17,31H,5,15-16H2,1-3H3/b8-4+. The highest BCUT2D eigenvalue weighted by Crippen LogP contribution is 2.34. The SMILES string of the molecule is C/C=C/c1cc(F)ccc1S(=O)(=O)Nc1ccc(CC)c(OCCN2C(=O)c3ccccc3C2=O)c1C(=O)OC. The molecule has 9 nitrogen and oxygen atoms in total. The molecule has 0 saturated heterocycles. The van der Waals surface area contributed by atoms with E-state index >= 15 is 0 Å². The highest BCUT2D eigenvalue weighted by molar-refractivity contribution is 7.92. The monoisotopic (exact) mass is 566 g/mol. The van der Waals surface area contributed by atoms with Crippen molar-refractivity contribution in [1.82, 2.24) is 4.90 Å². The molecule has 0 aliphatic carbocycles. The number of aryl methyl sites for hydroxylation is 1. The molecule has 2 amide bonds. The first-order chi connectivity index (χ1) is 19.1. The zero-order chi connectivity index (χ0) is 29.0. The quantitative estimate of drug-likeness (QED) is 0.280. The number of halogens is 1. The van der Waals surface area contributed by atoms with Gasteiger partial charge in [0.2, 0.25) is 0 Å². The lowest BCUT2D eigenvalue weighted by Crippen LogP contribution is -2.33. The van der Waals surface area contributed by atoms with E-state index in [1.165, 1.54) is 12.1 Å². The van der Waals surface area contributed by atoms with Crippen LogP contribution in [-0.4, -0.2) is 51.4 Å². The molecular weight excluding hydrogens is 539 g/mol. The van der Waals surface area contributed by atoms with Gasteiger partial charge in [-0.05, 0) is 60.9 Å². The summed E-state index contributed by atoms with van der Waals surface area (Å²) in [6.07, 6.45) is 3.44. The Hall–Kier alpha value is -4.51. The van der Waals surface area contributed by atoms with E-state index in [1.54, 1.807) is 43.3 Å². The third kappa shape index (κ3) is 5.46. The zero-order valence-electron chi connectivity index (χ0n) is 22.1. The van der Waals surface area contributed by atoms with Crippen LogP contribution in [0.5, 0.6) is 5.75 Å². The van der Waals surface area contributed by atoms with Crippen LogP contribution >= 0.6 is 0 Å². The van der Waals surface area contributed by atoms with Crippen LogP contribution in [-0.2, 0) is 21.2 Å². The second-order valence-corrected chi connectivity index (χ2v) is 10.4. The van der Waals surface area contributed by atoms with E-state index in [1.807, 2.05) is 6.92 Å². The minimum absolute atomic E-state index is 0.0546. The first-order valence-electron chi connectivity index (χ1n) is 12.4. The molecule has 0 spiro atoms. The summed E-state index contributed by atoms with van der Waals surface area (Å²) >= 11 is 0. The Bertz CT molecular complexity index is 1600. The molecule has 40 heavy (non-hydrogen) atoms. The first-order valence-corrected chi connectivity index (χ1v) is 13.9. The van der Waals surface area contributed by atoms with Gasteiger partial charge in [-0.15, -0.1) is 0 Å². The second kappa shape index (κ2) is 11.7. The maximum atomic E-state index is 13.8. The molecule has 0 atom stereocenters. The largest absolute Gasteiger partial charge is 0.490 e. The maximum Gasteiger partial charge on any atom is 0.343 e. The normalized spacial score (nSPS) is 13.1. The fraction of sp³-hybridized carbons (Fsp3) is 0.207. The van der Waals surface area contributed by atoms with Gasteiger partial charge in [-0.1, -0.05) is 37.3 Å². The summed E-state index contributed by atoms with van der Waals surface area (Å²) in [6.45, 7) is 3.22. The number of nitrogens with zero attached hydrogens (tertiary/aromatic N) is 1. The molecule has 0 unspecified atom stereocenters. The number of hydrogen-bond donors (Lipinski definition) is 1. The summed E-state index contributed by atoms with van der Waals surface area (Å²) in [5, 5.41) is 0. The lowest BCUT2D eigenvalue weighted by Gasteiger charge is -2.20. The molecule has 11 heteroatoms.